The number of sulfonamides is 1. The number of piperidine rings is 1. The van der Waals surface area contributed by atoms with Crippen LogP contribution in [0.4, 0.5) is 0 Å². The average molecular weight is 459 g/mol. The molecule has 3 rings (SSSR count). The van der Waals surface area contributed by atoms with Gasteiger partial charge in [-0.05, 0) is 68.4 Å². The molecular weight excluding hydrogens is 424 g/mol. The summed E-state index contributed by atoms with van der Waals surface area (Å²) in [6.07, 6.45) is 5.37. The summed E-state index contributed by atoms with van der Waals surface area (Å²) in [5.74, 6) is 0.565. The van der Waals surface area contributed by atoms with Gasteiger partial charge in [0.15, 0.2) is 0 Å². The first-order valence-electron chi connectivity index (χ1n) is 11.4. The van der Waals surface area contributed by atoms with Gasteiger partial charge in [-0.15, -0.1) is 0 Å². The van der Waals surface area contributed by atoms with Crippen molar-refractivity contribution < 1.29 is 17.9 Å². The molecule has 174 valence electrons. The maximum Gasteiger partial charge on any atom is 0.243 e. The van der Waals surface area contributed by atoms with Gasteiger partial charge >= 0.3 is 0 Å². The van der Waals surface area contributed by atoms with Gasteiger partial charge in [-0.3, -0.25) is 4.79 Å². The molecule has 0 saturated carbocycles. The topological polar surface area (TPSA) is 75.7 Å². The van der Waals surface area contributed by atoms with Gasteiger partial charge in [-0.25, -0.2) is 8.42 Å². The molecule has 1 amide bonds. The quantitative estimate of drug-likeness (QED) is 0.549. The Hall–Kier alpha value is -2.38. The summed E-state index contributed by atoms with van der Waals surface area (Å²) in [5.41, 5.74) is 3.25. The van der Waals surface area contributed by atoms with Crippen LogP contribution in [-0.2, 0) is 27.7 Å². The number of nitrogens with one attached hydrogen (secondary N) is 1. The van der Waals surface area contributed by atoms with Crippen LogP contribution in [0.2, 0.25) is 0 Å². The molecule has 0 aliphatic carbocycles. The van der Waals surface area contributed by atoms with E-state index in [0.717, 1.165) is 37.7 Å². The van der Waals surface area contributed by atoms with Gasteiger partial charge < -0.3 is 10.1 Å². The molecule has 1 aliphatic rings. The molecule has 32 heavy (non-hydrogen) atoms. The standard InChI is InChI=1S/C25H34N2O4S/c1-20-8-6-9-21(18-20)10-7-15-26-25(28)14-11-22-19-23(12-13-24(22)31-2)32(29,30)27-16-4-3-5-17-27/h6,8-9,12-13,18-19H,3-5,7,10-11,14-17H2,1-2H3,(H,26,28). The number of carbonyl (C=O) groups is 1. The Morgan fingerprint density at radius 2 is 1.84 bits per heavy atom. The number of aryl methyl sites for hydroxylation is 3. The molecule has 2 aromatic rings. The van der Waals surface area contributed by atoms with E-state index in [0.29, 0.717) is 31.8 Å². The van der Waals surface area contributed by atoms with Crippen LogP contribution in [-0.4, -0.2) is 45.4 Å². The van der Waals surface area contributed by atoms with Gasteiger partial charge in [-0.1, -0.05) is 36.2 Å². The van der Waals surface area contributed by atoms with E-state index < -0.39 is 10.0 Å². The summed E-state index contributed by atoms with van der Waals surface area (Å²) in [7, 11) is -1.96. The maximum absolute atomic E-state index is 13.0. The lowest BCUT2D eigenvalue weighted by molar-refractivity contribution is -0.121. The zero-order chi connectivity index (χ0) is 23.0. The summed E-state index contributed by atoms with van der Waals surface area (Å²) in [5, 5.41) is 2.97. The molecule has 0 radical (unpaired) electrons. The van der Waals surface area contributed by atoms with Gasteiger partial charge in [0, 0.05) is 26.1 Å². The van der Waals surface area contributed by atoms with Crippen LogP contribution in [0.25, 0.3) is 0 Å². The minimum absolute atomic E-state index is 0.0411. The Balaban J connectivity index is 1.54. The summed E-state index contributed by atoms with van der Waals surface area (Å²) >= 11 is 0. The number of hydrogen-bond acceptors (Lipinski definition) is 4. The lowest BCUT2D eigenvalue weighted by atomic mass is 10.1. The predicted molar refractivity (Wildman–Crippen MR) is 126 cm³/mol. The van der Waals surface area contributed by atoms with Gasteiger partial charge in [-0.2, -0.15) is 4.31 Å². The van der Waals surface area contributed by atoms with Crippen LogP contribution >= 0.6 is 0 Å². The molecule has 0 unspecified atom stereocenters. The van der Waals surface area contributed by atoms with E-state index in [2.05, 4.69) is 36.5 Å². The van der Waals surface area contributed by atoms with Crippen molar-refractivity contribution in [2.24, 2.45) is 0 Å². The Morgan fingerprint density at radius 3 is 2.56 bits per heavy atom. The maximum atomic E-state index is 13.0. The van der Waals surface area contributed by atoms with Gasteiger partial charge in [0.1, 0.15) is 5.75 Å². The molecule has 2 aromatic carbocycles. The third-order valence-electron chi connectivity index (χ3n) is 5.87. The van der Waals surface area contributed by atoms with E-state index in [4.69, 9.17) is 4.74 Å². The first-order chi connectivity index (χ1) is 15.4. The van der Waals surface area contributed by atoms with Crippen molar-refractivity contribution >= 4 is 15.9 Å². The Kier molecular flexibility index (Phi) is 8.70. The second-order valence-electron chi connectivity index (χ2n) is 8.38. The summed E-state index contributed by atoms with van der Waals surface area (Å²) in [4.78, 5) is 12.6. The second kappa shape index (κ2) is 11.5. The normalized spacial score (nSPS) is 14.8. The van der Waals surface area contributed by atoms with Crippen LogP contribution in [0.3, 0.4) is 0 Å². The van der Waals surface area contributed by atoms with Gasteiger partial charge in [0.25, 0.3) is 0 Å². The van der Waals surface area contributed by atoms with E-state index in [1.807, 2.05) is 0 Å². The number of benzene rings is 2. The smallest absolute Gasteiger partial charge is 0.243 e. The largest absolute Gasteiger partial charge is 0.496 e. The van der Waals surface area contributed by atoms with Crippen molar-refractivity contribution in [1.82, 2.24) is 9.62 Å². The monoisotopic (exact) mass is 458 g/mol. The van der Waals surface area contributed by atoms with Crippen molar-refractivity contribution in [3.05, 3.63) is 59.2 Å². The van der Waals surface area contributed by atoms with Gasteiger partial charge in [0.05, 0.1) is 12.0 Å². The number of methoxy groups -OCH3 is 1. The fraction of sp³-hybridized carbons (Fsp3) is 0.480. The molecule has 6 nitrogen and oxygen atoms in total. The molecular formula is C25H34N2O4S. The lowest BCUT2D eigenvalue weighted by Crippen LogP contribution is -2.35. The molecule has 1 saturated heterocycles. The molecule has 0 aromatic heterocycles. The van der Waals surface area contributed by atoms with Crippen LogP contribution in [0, 0.1) is 6.92 Å². The molecule has 0 atom stereocenters. The lowest BCUT2D eigenvalue weighted by Gasteiger charge is -2.26. The van der Waals surface area contributed by atoms with Crippen LogP contribution in [0.1, 0.15) is 48.8 Å². The average Bonchev–Trinajstić information content (AvgIpc) is 2.81. The molecule has 0 bridgehead atoms. The molecule has 1 heterocycles. The highest BCUT2D eigenvalue weighted by molar-refractivity contribution is 7.89. The van der Waals surface area contributed by atoms with Crippen molar-refractivity contribution in [2.45, 2.75) is 56.8 Å². The minimum atomic E-state index is -3.52. The Labute approximate surface area is 192 Å². The number of rotatable bonds is 10. The van der Waals surface area contributed by atoms with Gasteiger partial charge in [0.2, 0.25) is 15.9 Å². The van der Waals surface area contributed by atoms with Crippen molar-refractivity contribution in [3.8, 4) is 5.75 Å². The zero-order valence-electron chi connectivity index (χ0n) is 19.1. The Morgan fingerprint density at radius 1 is 1.06 bits per heavy atom. The highest BCUT2D eigenvalue weighted by Gasteiger charge is 2.26. The van der Waals surface area contributed by atoms with Crippen molar-refractivity contribution in [2.75, 3.05) is 26.7 Å². The molecule has 7 heteroatoms. The molecule has 1 N–H and O–H groups in total. The minimum Gasteiger partial charge on any atom is -0.496 e. The zero-order valence-corrected chi connectivity index (χ0v) is 19.9. The molecule has 0 spiro atoms. The van der Waals surface area contributed by atoms with E-state index in [1.54, 1.807) is 29.6 Å². The predicted octanol–water partition coefficient (Wildman–Crippen LogP) is 3.86. The first-order valence-corrected chi connectivity index (χ1v) is 12.8. The highest BCUT2D eigenvalue weighted by Crippen LogP contribution is 2.27. The molecule has 1 aliphatic heterocycles. The number of amides is 1. The fourth-order valence-electron chi connectivity index (χ4n) is 4.09. The number of ether oxygens (including phenoxy) is 1. The Bertz CT molecular complexity index is 1010. The van der Waals surface area contributed by atoms with Crippen LogP contribution in [0.5, 0.6) is 5.75 Å². The third kappa shape index (κ3) is 6.56. The van der Waals surface area contributed by atoms with Crippen molar-refractivity contribution in [3.63, 3.8) is 0 Å². The number of hydrogen-bond donors (Lipinski definition) is 1. The molecule has 1 fully saturated rings. The SMILES string of the molecule is COc1ccc(S(=O)(=O)N2CCCCC2)cc1CCC(=O)NCCCc1cccc(C)c1. The van der Waals surface area contributed by atoms with E-state index >= 15 is 0 Å². The summed E-state index contributed by atoms with van der Waals surface area (Å²) < 4.78 is 33.0. The highest BCUT2D eigenvalue weighted by atomic mass is 32.2. The van der Waals surface area contributed by atoms with Crippen LogP contribution < -0.4 is 10.1 Å². The summed E-state index contributed by atoms with van der Waals surface area (Å²) in [6.45, 7) is 3.82. The number of carbonyl (C=O) groups excluding carboxylic acids is 1. The number of nitrogens with zero attached hydrogens (tertiary/aromatic N) is 1. The second-order valence-corrected chi connectivity index (χ2v) is 10.3. The summed E-state index contributed by atoms with van der Waals surface area (Å²) in [6, 6.07) is 13.3. The van der Waals surface area contributed by atoms with Crippen molar-refractivity contribution in [1.29, 1.82) is 0 Å². The first kappa shape index (κ1) is 24.3. The van der Waals surface area contributed by atoms with Crippen LogP contribution in [0.15, 0.2) is 47.4 Å². The third-order valence-corrected chi connectivity index (χ3v) is 7.77. The fourth-order valence-corrected chi connectivity index (χ4v) is 5.66. The van der Waals surface area contributed by atoms with E-state index in [1.165, 1.54) is 11.1 Å². The van der Waals surface area contributed by atoms with E-state index in [-0.39, 0.29) is 17.2 Å². The van der Waals surface area contributed by atoms with E-state index in [9.17, 15) is 13.2 Å².